The molecule has 0 unspecified atom stereocenters. The van der Waals surface area contributed by atoms with Crippen LogP contribution in [0.3, 0.4) is 0 Å². The molecule has 0 atom stereocenters. The van der Waals surface area contributed by atoms with Crippen LogP contribution in [0.4, 0.5) is 5.69 Å². The predicted molar refractivity (Wildman–Crippen MR) is 144 cm³/mol. The molecule has 1 aliphatic rings. The first-order valence-electron chi connectivity index (χ1n) is 10.9. The van der Waals surface area contributed by atoms with Crippen molar-refractivity contribution in [3.8, 4) is 0 Å². The lowest BCUT2D eigenvalue weighted by Crippen LogP contribution is -2.38. The Labute approximate surface area is 208 Å². The summed E-state index contributed by atoms with van der Waals surface area (Å²) in [5.74, 6) is 0.826. The average molecular weight is 547 g/mol. The van der Waals surface area contributed by atoms with Crippen LogP contribution in [-0.2, 0) is 13.0 Å². The van der Waals surface area contributed by atoms with Crippen LogP contribution >= 0.6 is 24.0 Å². The molecule has 6 nitrogen and oxygen atoms in total. The Balaban J connectivity index is 0.00000363. The number of carbonyl (C=O) groups is 1. The molecule has 0 radical (unpaired) electrons. The molecule has 3 rings (SSSR count). The zero-order valence-corrected chi connectivity index (χ0v) is 21.5. The van der Waals surface area contributed by atoms with E-state index in [0.717, 1.165) is 49.7 Å². The van der Waals surface area contributed by atoms with E-state index >= 15 is 0 Å². The molecule has 0 bridgehead atoms. The van der Waals surface area contributed by atoms with Gasteiger partial charge in [0.1, 0.15) is 0 Å². The quantitative estimate of drug-likeness (QED) is 0.229. The number of guanidine groups is 1. The van der Waals surface area contributed by atoms with Gasteiger partial charge in [0.05, 0.1) is 6.54 Å². The molecule has 0 saturated carbocycles. The number of halogens is 1. The number of hydrogen-bond donors (Lipinski definition) is 2. The van der Waals surface area contributed by atoms with E-state index < -0.39 is 0 Å². The molecule has 1 aliphatic heterocycles. The van der Waals surface area contributed by atoms with Gasteiger partial charge in [-0.15, -0.1) is 24.0 Å². The van der Waals surface area contributed by atoms with Gasteiger partial charge >= 0.3 is 0 Å². The molecule has 0 saturated heterocycles. The van der Waals surface area contributed by atoms with Gasteiger partial charge in [-0.2, -0.15) is 0 Å². The maximum Gasteiger partial charge on any atom is 0.253 e. The van der Waals surface area contributed by atoms with Crippen molar-refractivity contribution in [2.75, 3.05) is 45.2 Å². The molecule has 0 aromatic heterocycles. The third kappa shape index (κ3) is 7.55. The van der Waals surface area contributed by atoms with Gasteiger partial charge in [-0.25, -0.2) is 4.99 Å². The molecule has 1 amide bonds. The fourth-order valence-corrected chi connectivity index (χ4v) is 3.46. The summed E-state index contributed by atoms with van der Waals surface area (Å²) in [7, 11) is 3.54. The number of benzene rings is 2. The second kappa shape index (κ2) is 13.1. The highest BCUT2D eigenvalue weighted by Crippen LogP contribution is 2.18. The number of amides is 1. The zero-order valence-electron chi connectivity index (χ0n) is 19.2. The molecule has 0 aliphatic carbocycles. The van der Waals surface area contributed by atoms with E-state index in [1.54, 1.807) is 19.0 Å². The van der Waals surface area contributed by atoms with E-state index in [1.807, 2.05) is 18.2 Å². The second-order valence-electron chi connectivity index (χ2n) is 7.81. The van der Waals surface area contributed by atoms with Gasteiger partial charge in [-0.3, -0.25) is 4.79 Å². The lowest BCUT2D eigenvalue weighted by atomic mass is 10.1. The third-order valence-electron chi connectivity index (χ3n) is 5.17. The first kappa shape index (κ1) is 25.7. The van der Waals surface area contributed by atoms with E-state index in [2.05, 4.69) is 64.9 Å². The number of nitrogens with one attached hydrogen (secondary N) is 2. The van der Waals surface area contributed by atoms with Crippen molar-refractivity contribution in [1.82, 2.24) is 15.5 Å². The minimum Gasteiger partial charge on any atom is -0.364 e. The zero-order chi connectivity index (χ0) is 22.1. The van der Waals surface area contributed by atoms with Crippen molar-refractivity contribution >= 4 is 41.5 Å². The second-order valence-corrected chi connectivity index (χ2v) is 7.81. The molecule has 2 aromatic carbocycles. The molecule has 32 heavy (non-hydrogen) atoms. The van der Waals surface area contributed by atoms with E-state index in [-0.39, 0.29) is 29.9 Å². The Bertz CT molecular complexity index is 916. The minimum absolute atomic E-state index is 0. The highest BCUT2D eigenvalue weighted by Gasteiger charge is 2.09. The van der Waals surface area contributed by atoms with Crippen molar-refractivity contribution in [2.45, 2.75) is 19.9 Å². The maximum absolute atomic E-state index is 12.2. The predicted octanol–water partition coefficient (Wildman–Crippen LogP) is 3.68. The summed E-state index contributed by atoms with van der Waals surface area (Å²) in [6.45, 7) is 6.20. The van der Waals surface area contributed by atoms with Crippen molar-refractivity contribution in [1.29, 1.82) is 0 Å². The molecule has 2 aromatic rings. The SMILES string of the molecule is CCNC(=NCc1ccc(N2CC=CC2)cc1)NCCc1cccc(C(=O)N(C)C)c1.I. The van der Waals surface area contributed by atoms with Gasteiger partial charge < -0.3 is 20.4 Å². The molecule has 0 fully saturated rings. The Kier molecular flexibility index (Phi) is 10.5. The smallest absolute Gasteiger partial charge is 0.253 e. The van der Waals surface area contributed by atoms with E-state index in [0.29, 0.717) is 6.54 Å². The molecule has 7 heteroatoms. The number of carbonyl (C=O) groups excluding carboxylic acids is 1. The Morgan fingerprint density at radius 1 is 1.03 bits per heavy atom. The van der Waals surface area contributed by atoms with Gasteiger partial charge in [0.2, 0.25) is 0 Å². The van der Waals surface area contributed by atoms with Gasteiger partial charge in [0.15, 0.2) is 5.96 Å². The van der Waals surface area contributed by atoms with E-state index in [4.69, 9.17) is 4.99 Å². The van der Waals surface area contributed by atoms with Crippen molar-refractivity contribution < 1.29 is 4.79 Å². The van der Waals surface area contributed by atoms with Gasteiger partial charge in [0, 0.05) is 51.5 Å². The summed E-state index contributed by atoms with van der Waals surface area (Å²) in [5, 5.41) is 6.70. The van der Waals surface area contributed by atoms with Crippen LogP contribution in [0, 0.1) is 0 Å². The van der Waals surface area contributed by atoms with Crippen LogP contribution in [0.1, 0.15) is 28.4 Å². The minimum atomic E-state index is 0. The van der Waals surface area contributed by atoms with Crippen LogP contribution in [0.5, 0.6) is 0 Å². The van der Waals surface area contributed by atoms with Crippen molar-refractivity contribution in [3.05, 3.63) is 77.4 Å². The first-order valence-corrected chi connectivity index (χ1v) is 10.9. The highest BCUT2D eigenvalue weighted by atomic mass is 127. The molecular weight excluding hydrogens is 513 g/mol. The number of nitrogens with zero attached hydrogens (tertiary/aromatic N) is 3. The molecule has 172 valence electrons. The Morgan fingerprint density at radius 3 is 2.41 bits per heavy atom. The van der Waals surface area contributed by atoms with Gasteiger partial charge in [0.25, 0.3) is 5.91 Å². The standard InChI is InChI=1S/C25H33N5O.HI/c1-4-26-25(27-15-14-20-8-7-9-22(18-20)24(31)29(2)3)28-19-21-10-12-23(13-11-21)30-16-5-6-17-30;/h5-13,18H,4,14-17,19H2,1-3H3,(H2,26,27,28);1H. The molecule has 1 heterocycles. The molecule has 0 spiro atoms. The molecular formula is C25H34IN5O. The fourth-order valence-electron chi connectivity index (χ4n) is 3.46. The van der Waals surface area contributed by atoms with E-state index in [9.17, 15) is 4.79 Å². The Hall–Kier alpha value is -2.55. The van der Waals surface area contributed by atoms with Gasteiger partial charge in [-0.05, 0) is 48.7 Å². The number of aliphatic imine (C=N–C) groups is 1. The number of anilines is 1. The van der Waals surface area contributed by atoms with E-state index in [1.165, 1.54) is 11.3 Å². The highest BCUT2D eigenvalue weighted by molar-refractivity contribution is 14.0. The monoisotopic (exact) mass is 547 g/mol. The summed E-state index contributed by atoms with van der Waals surface area (Å²) in [5.41, 5.74) is 4.28. The lowest BCUT2D eigenvalue weighted by Gasteiger charge is -2.17. The average Bonchev–Trinajstić information content (AvgIpc) is 3.32. The first-order chi connectivity index (χ1) is 15.1. The topological polar surface area (TPSA) is 60.0 Å². The van der Waals surface area contributed by atoms with Crippen LogP contribution in [0.2, 0.25) is 0 Å². The number of rotatable bonds is 8. The van der Waals surface area contributed by atoms with Crippen LogP contribution in [0.15, 0.2) is 65.7 Å². The van der Waals surface area contributed by atoms with Crippen LogP contribution < -0.4 is 15.5 Å². The van der Waals surface area contributed by atoms with Crippen molar-refractivity contribution in [2.24, 2.45) is 4.99 Å². The lowest BCUT2D eigenvalue weighted by molar-refractivity contribution is 0.0827. The van der Waals surface area contributed by atoms with Crippen molar-refractivity contribution in [3.63, 3.8) is 0 Å². The third-order valence-corrected chi connectivity index (χ3v) is 5.17. The number of hydrogen-bond acceptors (Lipinski definition) is 3. The Morgan fingerprint density at radius 2 is 1.75 bits per heavy atom. The summed E-state index contributed by atoms with van der Waals surface area (Å²) in [6.07, 6.45) is 5.21. The van der Waals surface area contributed by atoms with Crippen LogP contribution in [0.25, 0.3) is 0 Å². The fraction of sp³-hybridized carbons (Fsp3) is 0.360. The van der Waals surface area contributed by atoms with Gasteiger partial charge in [-0.1, -0.05) is 36.4 Å². The summed E-state index contributed by atoms with van der Waals surface area (Å²) >= 11 is 0. The largest absolute Gasteiger partial charge is 0.364 e. The summed E-state index contributed by atoms with van der Waals surface area (Å²) in [6, 6.07) is 16.4. The molecule has 2 N–H and O–H groups in total. The normalized spacial score (nSPS) is 13.0. The van der Waals surface area contributed by atoms with Crippen LogP contribution in [-0.4, -0.2) is 57.0 Å². The summed E-state index contributed by atoms with van der Waals surface area (Å²) in [4.78, 5) is 20.8. The summed E-state index contributed by atoms with van der Waals surface area (Å²) < 4.78 is 0. The maximum atomic E-state index is 12.2.